The van der Waals surface area contributed by atoms with Gasteiger partial charge in [0.2, 0.25) is 5.91 Å². The van der Waals surface area contributed by atoms with Gasteiger partial charge < -0.3 is 14.8 Å². The van der Waals surface area contributed by atoms with Crippen molar-refractivity contribution < 1.29 is 47.3 Å². The van der Waals surface area contributed by atoms with Gasteiger partial charge in [0.25, 0.3) is 0 Å². The largest absolute Gasteiger partial charge is 1.00 e. The number of azo groups is 1. The number of halogens is 2. The van der Waals surface area contributed by atoms with Crippen LogP contribution in [-0.4, -0.2) is 42.8 Å². The SMILES string of the molecule is CC(=O)Nc1cc(N(C)C)ccc1N=Nc1c(C#N)cnn1-c1cc(Cl)c(S(=O)(=O)[O-])cc1Cl.[Na+]. The van der Waals surface area contributed by atoms with Gasteiger partial charge in [0.1, 0.15) is 27.4 Å². The molecule has 0 aliphatic heterocycles. The molecular formula is C20H16Cl2N7NaO4S. The fourth-order valence-corrected chi connectivity index (χ4v) is 4.16. The molecule has 1 N–H and O–H groups in total. The Bertz CT molecular complexity index is 1470. The molecule has 1 aromatic heterocycles. The first-order chi connectivity index (χ1) is 15.9. The number of hydrogen-bond acceptors (Lipinski definition) is 9. The minimum absolute atomic E-state index is 0. The number of hydrogen-bond donors (Lipinski definition) is 1. The molecule has 35 heavy (non-hydrogen) atoms. The van der Waals surface area contributed by atoms with Crippen molar-refractivity contribution in [2.24, 2.45) is 10.2 Å². The number of carbonyl (C=O) groups excluding carboxylic acids is 1. The number of carbonyl (C=O) groups is 1. The van der Waals surface area contributed by atoms with Crippen LogP contribution in [0.4, 0.5) is 22.9 Å². The fraction of sp³-hybridized carbons (Fsp3) is 0.150. The van der Waals surface area contributed by atoms with Crippen LogP contribution in [0, 0.1) is 11.3 Å². The second-order valence-corrected chi connectivity index (χ2v) is 9.23. The van der Waals surface area contributed by atoms with Crippen LogP contribution < -0.4 is 39.8 Å². The van der Waals surface area contributed by atoms with Crippen LogP contribution >= 0.6 is 23.2 Å². The van der Waals surface area contributed by atoms with Gasteiger partial charge in [-0.3, -0.25) is 4.79 Å². The van der Waals surface area contributed by atoms with Crippen LogP contribution in [0.2, 0.25) is 10.0 Å². The van der Waals surface area contributed by atoms with Crippen molar-refractivity contribution >= 4 is 62.1 Å². The van der Waals surface area contributed by atoms with Crippen molar-refractivity contribution in [1.82, 2.24) is 9.78 Å². The molecule has 0 saturated heterocycles. The third kappa shape index (κ3) is 6.59. The van der Waals surface area contributed by atoms with Crippen LogP contribution in [-0.2, 0) is 14.9 Å². The van der Waals surface area contributed by atoms with Crippen LogP contribution in [0.5, 0.6) is 0 Å². The van der Waals surface area contributed by atoms with E-state index in [0.29, 0.717) is 11.4 Å². The molecule has 0 aliphatic carbocycles. The number of nitriles is 1. The van der Waals surface area contributed by atoms with Gasteiger partial charge in [-0.05, 0) is 30.3 Å². The quantitative estimate of drug-likeness (QED) is 0.279. The van der Waals surface area contributed by atoms with E-state index in [2.05, 4.69) is 20.6 Å². The Labute approximate surface area is 233 Å². The molecule has 0 aliphatic rings. The van der Waals surface area contributed by atoms with Crippen molar-refractivity contribution in [3.8, 4) is 11.8 Å². The van der Waals surface area contributed by atoms with Gasteiger partial charge in [0.15, 0.2) is 5.82 Å². The van der Waals surface area contributed by atoms with Gasteiger partial charge in [0, 0.05) is 26.7 Å². The monoisotopic (exact) mass is 543 g/mol. The van der Waals surface area contributed by atoms with Crippen LogP contribution in [0.25, 0.3) is 5.69 Å². The average Bonchev–Trinajstić information content (AvgIpc) is 3.15. The number of amides is 1. The number of anilines is 2. The van der Waals surface area contributed by atoms with Gasteiger partial charge in [-0.15, -0.1) is 10.2 Å². The maximum Gasteiger partial charge on any atom is 1.00 e. The number of rotatable bonds is 6. The molecule has 1 heterocycles. The van der Waals surface area contributed by atoms with Crippen LogP contribution in [0.3, 0.4) is 0 Å². The van der Waals surface area contributed by atoms with Crippen LogP contribution in [0.1, 0.15) is 12.5 Å². The molecule has 0 atom stereocenters. The third-order valence-electron chi connectivity index (χ3n) is 4.42. The second kappa shape index (κ2) is 11.5. The number of benzene rings is 2. The van der Waals surface area contributed by atoms with Gasteiger partial charge in [-0.2, -0.15) is 10.4 Å². The Morgan fingerprint density at radius 2 is 1.89 bits per heavy atom. The zero-order chi connectivity index (χ0) is 25.2. The summed E-state index contributed by atoms with van der Waals surface area (Å²) in [7, 11) is -1.19. The topological polar surface area (TPSA) is 156 Å². The van der Waals surface area contributed by atoms with Gasteiger partial charge >= 0.3 is 29.6 Å². The maximum absolute atomic E-state index is 11.6. The zero-order valence-corrected chi connectivity index (χ0v) is 23.3. The Balaban J connectivity index is 0.00000432. The number of nitrogens with one attached hydrogen (secondary N) is 1. The van der Waals surface area contributed by atoms with E-state index in [9.17, 15) is 23.0 Å². The van der Waals surface area contributed by atoms with E-state index in [1.54, 1.807) is 18.2 Å². The molecule has 11 nitrogen and oxygen atoms in total. The molecule has 3 rings (SSSR count). The number of nitrogens with zero attached hydrogens (tertiary/aromatic N) is 6. The summed E-state index contributed by atoms with van der Waals surface area (Å²) in [6.45, 7) is 1.35. The first-order valence-electron chi connectivity index (χ1n) is 9.36. The first kappa shape index (κ1) is 28.7. The molecule has 0 fully saturated rings. The van der Waals surface area contributed by atoms with E-state index in [1.165, 1.54) is 13.1 Å². The van der Waals surface area contributed by atoms with E-state index < -0.39 is 15.0 Å². The van der Waals surface area contributed by atoms with Crippen molar-refractivity contribution in [2.45, 2.75) is 11.8 Å². The molecule has 0 bridgehead atoms. The molecule has 0 saturated carbocycles. The Kier molecular flexibility index (Phi) is 9.43. The third-order valence-corrected chi connectivity index (χ3v) is 6.03. The summed E-state index contributed by atoms with van der Waals surface area (Å²) < 4.78 is 35.3. The van der Waals surface area contributed by atoms with E-state index in [0.717, 1.165) is 22.5 Å². The van der Waals surface area contributed by atoms with Gasteiger partial charge in [0.05, 0.1) is 32.5 Å². The van der Waals surface area contributed by atoms with Crippen molar-refractivity contribution in [3.05, 3.63) is 52.1 Å². The molecule has 3 aromatic rings. The summed E-state index contributed by atoms with van der Waals surface area (Å²) in [5.41, 5.74) is 1.59. The number of aromatic nitrogens is 2. The Morgan fingerprint density at radius 3 is 2.46 bits per heavy atom. The predicted octanol–water partition coefficient (Wildman–Crippen LogP) is 1.40. The molecule has 176 valence electrons. The second-order valence-electron chi connectivity index (χ2n) is 7.07. The predicted molar refractivity (Wildman–Crippen MR) is 126 cm³/mol. The normalized spacial score (nSPS) is 11.1. The van der Waals surface area contributed by atoms with Crippen molar-refractivity contribution in [3.63, 3.8) is 0 Å². The Hall–Kier alpha value is -2.50. The minimum atomic E-state index is -4.86. The molecule has 0 radical (unpaired) electrons. The van der Waals surface area contributed by atoms with Crippen molar-refractivity contribution in [1.29, 1.82) is 5.26 Å². The van der Waals surface area contributed by atoms with Crippen LogP contribution in [0.15, 0.2) is 51.7 Å². The molecule has 2 aromatic carbocycles. The molecule has 15 heteroatoms. The molecule has 0 spiro atoms. The first-order valence-corrected chi connectivity index (χ1v) is 11.5. The molecular weight excluding hydrogens is 528 g/mol. The van der Waals surface area contributed by atoms with E-state index >= 15 is 0 Å². The van der Waals surface area contributed by atoms with Crippen molar-refractivity contribution in [2.75, 3.05) is 24.3 Å². The summed E-state index contributed by atoms with van der Waals surface area (Å²) in [5.74, 6) is -0.353. The summed E-state index contributed by atoms with van der Waals surface area (Å²) in [6, 6.07) is 9.05. The smallest absolute Gasteiger partial charge is 0.744 e. The maximum atomic E-state index is 11.6. The van der Waals surface area contributed by atoms with Gasteiger partial charge in [-0.1, -0.05) is 23.2 Å². The average molecular weight is 544 g/mol. The minimum Gasteiger partial charge on any atom is -0.744 e. The fourth-order valence-electron chi connectivity index (χ4n) is 2.85. The summed E-state index contributed by atoms with van der Waals surface area (Å²) in [4.78, 5) is 12.8. The Morgan fingerprint density at radius 1 is 1.20 bits per heavy atom. The summed E-state index contributed by atoms with van der Waals surface area (Å²) in [6.07, 6.45) is 1.21. The van der Waals surface area contributed by atoms with Gasteiger partial charge in [-0.25, -0.2) is 13.1 Å². The molecule has 0 unspecified atom stereocenters. The summed E-state index contributed by atoms with van der Waals surface area (Å²) in [5, 5.41) is 24.0. The summed E-state index contributed by atoms with van der Waals surface area (Å²) >= 11 is 12.2. The van der Waals surface area contributed by atoms with E-state index in [4.69, 9.17) is 23.2 Å². The van der Waals surface area contributed by atoms with E-state index in [1.807, 2.05) is 25.1 Å². The van der Waals surface area contributed by atoms with E-state index in [-0.39, 0.29) is 62.6 Å². The zero-order valence-electron chi connectivity index (χ0n) is 18.9. The molecule has 1 amide bonds. The standard InChI is InChI=1S/C20H17Cl2N7O4S.Na/c1-11(30)25-17-6-13(28(2)3)4-5-16(17)26-27-20-12(9-23)10-24-29(20)18-7-15(22)19(8-14(18)21)34(31,32)33;/h4-8,10H,1-3H3,(H,25,30)(H,31,32,33);/q;+1/p-1.